The van der Waals surface area contributed by atoms with E-state index in [0.29, 0.717) is 15.9 Å². The quantitative estimate of drug-likeness (QED) is 0.740. The van der Waals surface area contributed by atoms with Gasteiger partial charge in [0.05, 0.1) is 11.4 Å². The molecule has 0 aromatic carbocycles. The van der Waals surface area contributed by atoms with E-state index in [1.807, 2.05) is 17.5 Å². The van der Waals surface area contributed by atoms with Gasteiger partial charge in [0, 0.05) is 11.5 Å². The number of nitrogens with zero attached hydrogens (tertiary/aromatic N) is 4. The molecular weight excluding hydrogens is 296 g/mol. The van der Waals surface area contributed by atoms with E-state index in [4.69, 9.17) is 16.0 Å². The molecule has 0 unspecified atom stereocenters. The summed E-state index contributed by atoms with van der Waals surface area (Å²) in [6, 6.07) is 3.69. The maximum atomic E-state index is 11.6. The number of hydrogen-bond donors (Lipinski definition) is 0. The second kappa shape index (κ2) is 4.63. The molecule has 0 fully saturated rings. The van der Waals surface area contributed by atoms with Crippen LogP contribution in [0.4, 0.5) is 0 Å². The Labute approximate surface area is 114 Å². The zero-order chi connectivity index (χ0) is 12.5. The summed E-state index contributed by atoms with van der Waals surface area (Å²) in [5.41, 5.74) is 0.509. The Morgan fingerprint density at radius 1 is 1.50 bits per heavy atom. The van der Waals surface area contributed by atoms with Gasteiger partial charge in [-0.05, 0) is 11.4 Å². The van der Waals surface area contributed by atoms with Crippen molar-refractivity contribution in [1.29, 1.82) is 0 Å². The summed E-state index contributed by atoms with van der Waals surface area (Å²) in [6.45, 7) is 0.156. The van der Waals surface area contributed by atoms with Gasteiger partial charge in [0.1, 0.15) is 10.0 Å². The lowest BCUT2D eigenvalue weighted by Gasteiger charge is -1.93. The lowest BCUT2D eigenvalue weighted by atomic mass is 10.5. The number of rotatable bonds is 3. The van der Waals surface area contributed by atoms with Crippen LogP contribution in [0.15, 0.2) is 26.7 Å². The fraction of sp³-hybridized carbons (Fsp3) is 0.111. The Bertz CT molecular complexity index is 715. The number of hydrogen-bond acceptors (Lipinski definition) is 7. The van der Waals surface area contributed by atoms with Gasteiger partial charge in [-0.25, -0.2) is 4.79 Å². The normalized spacial score (nSPS) is 10.9. The Morgan fingerprint density at radius 3 is 3.06 bits per heavy atom. The highest BCUT2D eigenvalue weighted by molar-refractivity contribution is 7.13. The predicted octanol–water partition coefficient (Wildman–Crippen LogP) is 2.12. The van der Waals surface area contributed by atoms with E-state index < -0.39 is 5.76 Å². The number of halogens is 1. The SMILES string of the molecule is O=c1oc(-c2cccs2)nn1Cc1nnsc1Cl. The Hall–Kier alpha value is -1.51. The molecule has 0 saturated carbocycles. The third kappa shape index (κ3) is 2.09. The molecule has 3 aromatic heterocycles. The Kier molecular flexibility index (Phi) is 2.98. The van der Waals surface area contributed by atoms with E-state index >= 15 is 0 Å². The first-order valence-corrected chi connectivity index (χ1v) is 6.85. The second-order valence-corrected chi connectivity index (χ2v) is 5.61. The van der Waals surface area contributed by atoms with Crippen molar-refractivity contribution in [3.63, 3.8) is 0 Å². The van der Waals surface area contributed by atoms with Crippen LogP contribution in [0, 0.1) is 0 Å². The Balaban J connectivity index is 1.95. The molecule has 9 heteroatoms. The van der Waals surface area contributed by atoms with Gasteiger partial charge in [-0.1, -0.05) is 22.2 Å². The topological polar surface area (TPSA) is 73.8 Å². The first-order chi connectivity index (χ1) is 8.74. The molecule has 0 amide bonds. The summed E-state index contributed by atoms with van der Waals surface area (Å²) in [4.78, 5) is 12.4. The fourth-order valence-electron chi connectivity index (χ4n) is 1.34. The highest BCUT2D eigenvalue weighted by Gasteiger charge is 2.14. The van der Waals surface area contributed by atoms with Crippen molar-refractivity contribution in [2.24, 2.45) is 0 Å². The van der Waals surface area contributed by atoms with Crippen LogP contribution in [0.2, 0.25) is 4.34 Å². The van der Waals surface area contributed by atoms with Crippen LogP contribution in [-0.2, 0) is 6.54 Å². The van der Waals surface area contributed by atoms with Crippen molar-refractivity contribution >= 4 is 34.5 Å². The molecule has 3 aromatic rings. The highest BCUT2D eigenvalue weighted by atomic mass is 35.5. The molecule has 3 rings (SSSR count). The van der Waals surface area contributed by atoms with Gasteiger partial charge in [-0.15, -0.1) is 21.5 Å². The van der Waals surface area contributed by atoms with E-state index in [1.165, 1.54) is 16.0 Å². The summed E-state index contributed by atoms with van der Waals surface area (Å²) in [5.74, 6) is -0.239. The Morgan fingerprint density at radius 2 is 2.39 bits per heavy atom. The van der Waals surface area contributed by atoms with E-state index in [2.05, 4.69) is 14.7 Å². The van der Waals surface area contributed by atoms with Gasteiger partial charge in [0.15, 0.2) is 0 Å². The third-order valence-electron chi connectivity index (χ3n) is 2.15. The van der Waals surface area contributed by atoms with Crippen LogP contribution >= 0.6 is 34.5 Å². The third-order valence-corrected chi connectivity index (χ3v) is 3.99. The molecule has 0 saturated heterocycles. The molecule has 0 atom stereocenters. The lowest BCUT2D eigenvalue weighted by molar-refractivity contribution is 0.494. The zero-order valence-electron chi connectivity index (χ0n) is 8.74. The summed E-state index contributed by atoms with van der Waals surface area (Å²) < 4.78 is 10.4. The van der Waals surface area contributed by atoms with E-state index in [1.54, 1.807) is 0 Å². The van der Waals surface area contributed by atoms with Crippen molar-refractivity contribution in [2.45, 2.75) is 6.54 Å². The second-order valence-electron chi connectivity index (χ2n) is 3.30. The van der Waals surface area contributed by atoms with Gasteiger partial charge in [-0.3, -0.25) is 0 Å². The summed E-state index contributed by atoms with van der Waals surface area (Å²) in [6.07, 6.45) is 0. The molecule has 0 N–H and O–H groups in total. The molecule has 0 spiro atoms. The monoisotopic (exact) mass is 300 g/mol. The van der Waals surface area contributed by atoms with E-state index in [9.17, 15) is 4.79 Å². The number of thiophene rings is 1. The predicted molar refractivity (Wildman–Crippen MR) is 68.1 cm³/mol. The molecule has 0 aliphatic carbocycles. The van der Waals surface area contributed by atoms with Crippen LogP contribution < -0.4 is 5.76 Å². The van der Waals surface area contributed by atoms with Gasteiger partial charge in [0.2, 0.25) is 0 Å². The van der Waals surface area contributed by atoms with Gasteiger partial charge in [-0.2, -0.15) is 4.68 Å². The molecule has 3 heterocycles. The molecule has 0 bridgehead atoms. The van der Waals surface area contributed by atoms with E-state index in [-0.39, 0.29) is 6.54 Å². The van der Waals surface area contributed by atoms with Crippen LogP contribution in [0.5, 0.6) is 0 Å². The number of aromatic nitrogens is 4. The molecule has 18 heavy (non-hydrogen) atoms. The minimum atomic E-state index is -0.539. The maximum absolute atomic E-state index is 11.6. The average molecular weight is 301 g/mol. The van der Waals surface area contributed by atoms with Crippen molar-refractivity contribution < 1.29 is 4.42 Å². The zero-order valence-corrected chi connectivity index (χ0v) is 11.1. The van der Waals surface area contributed by atoms with Crippen LogP contribution in [0.1, 0.15) is 5.69 Å². The molecule has 0 aliphatic heterocycles. The lowest BCUT2D eigenvalue weighted by Crippen LogP contribution is -2.16. The van der Waals surface area contributed by atoms with Gasteiger partial charge in [0.25, 0.3) is 5.89 Å². The summed E-state index contributed by atoms with van der Waals surface area (Å²) in [5, 5.41) is 9.80. The van der Waals surface area contributed by atoms with Crippen LogP contribution in [-0.4, -0.2) is 19.4 Å². The first-order valence-electron chi connectivity index (χ1n) is 4.82. The molecule has 0 aliphatic rings. The fourth-order valence-corrected chi connectivity index (χ4v) is 2.60. The standard InChI is InChI=1S/C9H5ClN4O2S2/c10-7-5(11-13-18-7)4-14-9(15)16-8(12-14)6-2-1-3-17-6/h1-3H,4H2. The van der Waals surface area contributed by atoms with Gasteiger partial charge < -0.3 is 4.42 Å². The molecule has 0 radical (unpaired) electrons. The summed E-state index contributed by atoms with van der Waals surface area (Å²) >= 11 is 8.39. The van der Waals surface area contributed by atoms with Crippen molar-refractivity contribution in [3.05, 3.63) is 38.1 Å². The smallest absolute Gasteiger partial charge is 0.387 e. The van der Waals surface area contributed by atoms with Crippen LogP contribution in [0.25, 0.3) is 10.8 Å². The minimum Gasteiger partial charge on any atom is -0.387 e. The van der Waals surface area contributed by atoms with Crippen molar-refractivity contribution in [1.82, 2.24) is 19.4 Å². The van der Waals surface area contributed by atoms with Crippen LogP contribution in [0.3, 0.4) is 0 Å². The average Bonchev–Trinajstić information content (AvgIpc) is 3.03. The maximum Gasteiger partial charge on any atom is 0.437 e. The minimum absolute atomic E-state index is 0.156. The molecular formula is C9H5ClN4O2S2. The molecule has 6 nitrogen and oxygen atoms in total. The first kappa shape index (κ1) is 11.6. The van der Waals surface area contributed by atoms with Gasteiger partial charge >= 0.3 is 5.76 Å². The van der Waals surface area contributed by atoms with E-state index in [0.717, 1.165) is 16.4 Å². The highest BCUT2D eigenvalue weighted by Crippen LogP contribution is 2.22. The molecule has 92 valence electrons. The largest absolute Gasteiger partial charge is 0.437 e. The van der Waals surface area contributed by atoms with Crippen molar-refractivity contribution in [2.75, 3.05) is 0 Å². The van der Waals surface area contributed by atoms with Crippen molar-refractivity contribution in [3.8, 4) is 10.8 Å². The summed E-state index contributed by atoms with van der Waals surface area (Å²) in [7, 11) is 0.